The summed E-state index contributed by atoms with van der Waals surface area (Å²) in [6.07, 6.45) is -3.95. The monoisotopic (exact) mass is 600 g/mol. The number of hydrogen-bond donors (Lipinski definition) is 3. The minimum atomic E-state index is -4.69. The fourth-order valence-corrected chi connectivity index (χ4v) is 5.16. The molecule has 0 radical (unpaired) electrons. The quantitative estimate of drug-likeness (QED) is 0.350. The molecule has 1 amide bonds. The Labute approximate surface area is 248 Å². The van der Waals surface area contributed by atoms with Crippen molar-refractivity contribution >= 4 is 40.4 Å². The maximum atomic E-state index is 14.0. The molecule has 2 saturated heterocycles. The van der Waals surface area contributed by atoms with E-state index in [4.69, 9.17) is 9.47 Å². The maximum absolute atomic E-state index is 14.0. The summed E-state index contributed by atoms with van der Waals surface area (Å²) in [6.45, 7) is 7.47. The molecule has 230 valence electrons. The Hall–Kier alpha value is -4.46. The first-order chi connectivity index (χ1) is 20.7. The number of rotatable bonds is 8. The minimum absolute atomic E-state index is 0.0481. The van der Waals surface area contributed by atoms with Crippen LogP contribution in [0.2, 0.25) is 0 Å². The third-order valence-electron chi connectivity index (χ3n) is 7.54. The summed E-state index contributed by atoms with van der Waals surface area (Å²) in [4.78, 5) is 25.9. The summed E-state index contributed by atoms with van der Waals surface area (Å²) in [6, 6.07) is 10.8. The molecule has 0 bridgehead atoms. The van der Waals surface area contributed by atoms with Gasteiger partial charge in [-0.25, -0.2) is 4.98 Å². The lowest BCUT2D eigenvalue weighted by Gasteiger charge is -2.35. The number of benzene rings is 2. The van der Waals surface area contributed by atoms with Crippen LogP contribution in [0.4, 0.5) is 47.7 Å². The number of carbonyl (C=O) groups excluding carboxylic acids is 1. The van der Waals surface area contributed by atoms with E-state index in [1.165, 1.54) is 14.2 Å². The van der Waals surface area contributed by atoms with Gasteiger partial charge in [0, 0.05) is 89.0 Å². The molecule has 43 heavy (non-hydrogen) atoms. The normalized spacial score (nSPS) is 15.7. The number of hydrogen-bond acceptors (Lipinski definition) is 10. The van der Waals surface area contributed by atoms with E-state index in [1.54, 1.807) is 30.0 Å². The molecule has 14 heteroatoms. The zero-order chi connectivity index (χ0) is 30.6. The zero-order valence-corrected chi connectivity index (χ0v) is 24.3. The van der Waals surface area contributed by atoms with Crippen LogP contribution in [0.5, 0.6) is 11.5 Å². The fraction of sp³-hybridized carbons (Fsp3) is 0.414. The summed E-state index contributed by atoms with van der Waals surface area (Å²) in [5.41, 5.74) is 1.62. The molecule has 3 N–H and O–H groups in total. The Kier molecular flexibility index (Phi) is 8.94. The van der Waals surface area contributed by atoms with E-state index in [9.17, 15) is 18.0 Å². The van der Waals surface area contributed by atoms with Crippen LogP contribution < -0.4 is 35.2 Å². The molecular formula is C29H35F3N8O3. The number of ether oxygens (including phenoxy) is 2. The van der Waals surface area contributed by atoms with Gasteiger partial charge in [-0.15, -0.1) is 0 Å². The summed E-state index contributed by atoms with van der Waals surface area (Å²) in [5, 5.41) is 9.10. The van der Waals surface area contributed by atoms with Crippen molar-refractivity contribution in [3.05, 3.63) is 48.2 Å². The smallest absolute Gasteiger partial charge is 0.421 e. The van der Waals surface area contributed by atoms with Crippen molar-refractivity contribution in [3.8, 4) is 11.5 Å². The van der Waals surface area contributed by atoms with Gasteiger partial charge in [0.25, 0.3) is 0 Å². The molecule has 2 fully saturated rings. The third-order valence-corrected chi connectivity index (χ3v) is 7.54. The van der Waals surface area contributed by atoms with Gasteiger partial charge in [-0.1, -0.05) is 0 Å². The summed E-state index contributed by atoms with van der Waals surface area (Å²) in [5.74, 6) is 0.436. The number of nitrogens with one attached hydrogen (secondary N) is 3. The van der Waals surface area contributed by atoms with Gasteiger partial charge in [-0.3, -0.25) is 4.79 Å². The van der Waals surface area contributed by atoms with Crippen LogP contribution in [0.3, 0.4) is 0 Å². The largest absolute Gasteiger partial charge is 0.494 e. The predicted molar refractivity (Wildman–Crippen MR) is 159 cm³/mol. The predicted octanol–water partition coefficient (Wildman–Crippen LogP) is 4.08. The van der Waals surface area contributed by atoms with E-state index in [-0.39, 0.29) is 11.9 Å². The maximum Gasteiger partial charge on any atom is 0.421 e. The second-order valence-electron chi connectivity index (χ2n) is 10.2. The van der Waals surface area contributed by atoms with Crippen molar-refractivity contribution < 1.29 is 27.4 Å². The van der Waals surface area contributed by atoms with Crippen LogP contribution in [0, 0.1) is 0 Å². The van der Waals surface area contributed by atoms with Crippen molar-refractivity contribution in [2.24, 2.45) is 0 Å². The molecule has 0 unspecified atom stereocenters. The number of halogens is 3. The van der Waals surface area contributed by atoms with Gasteiger partial charge < -0.3 is 40.1 Å². The molecule has 5 rings (SSSR count). The van der Waals surface area contributed by atoms with Gasteiger partial charge in [0.05, 0.1) is 25.6 Å². The SMILES string of the molecule is COc1cc(N2CCN(C(C)=O)CC2)ccc1Nc1ncc(C(F)(F)F)c(Nc2ccc(N3CCNCC3)cc2OC)n1. The number of nitrogens with zero attached hydrogens (tertiary/aromatic N) is 5. The van der Waals surface area contributed by atoms with Crippen molar-refractivity contribution in [3.63, 3.8) is 0 Å². The first-order valence-electron chi connectivity index (χ1n) is 14.0. The number of piperazine rings is 2. The molecule has 3 heterocycles. The van der Waals surface area contributed by atoms with Gasteiger partial charge in [-0.05, 0) is 24.3 Å². The molecule has 0 saturated carbocycles. The molecule has 3 aromatic rings. The van der Waals surface area contributed by atoms with Crippen molar-refractivity contribution in [2.75, 3.05) is 87.0 Å². The topological polar surface area (TPSA) is 107 Å². The van der Waals surface area contributed by atoms with Crippen LogP contribution >= 0.6 is 0 Å². The Morgan fingerprint density at radius 3 is 1.95 bits per heavy atom. The van der Waals surface area contributed by atoms with E-state index in [0.29, 0.717) is 49.1 Å². The highest BCUT2D eigenvalue weighted by molar-refractivity contribution is 5.74. The van der Waals surface area contributed by atoms with Gasteiger partial charge >= 0.3 is 6.18 Å². The molecule has 0 aliphatic carbocycles. The Balaban J connectivity index is 1.38. The van der Waals surface area contributed by atoms with E-state index in [1.807, 2.05) is 18.2 Å². The number of alkyl halides is 3. The van der Waals surface area contributed by atoms with Crippen LogP contribution in [-0.2, 0) is 11.0 Å². The minimum Gasteiger partial charge on any atom is -0.494 e. The number of carbonyl (C=O) groups is 1. The second kappa shape index (κ2) is 12.8. The lowest BCUT2D eigenvalue weighted by molar-refractivity contribution is -0.137. The highest BCUT2D eigenvalue weighted by Crippen LogP contribution is 2.39. The number of aromatic nitrogens is 2. The molecule has 0 atom stereocenters. The van der Waals surface area contributed by atoms with E-state index >= 15 is 0 Å². The van der Waals surface area contributed by atoms with Crippen molar-refractivity contribution in [2.45, 2.75) is 13.1 Å². The highest BCUT2D eigenvalue weighted by Gasteiger charge is 2.36. The molecule has 2 aromatic carbocycles. The molecular weight excluding hydrogens is 565 g/mol. The van der Waals surface area contributed by atoms with Gasteiger partial charge in [0.2, 0.25) is 11.9 Å². The van der Waals surface area contributed by atoms with Gasteiger partial charge in [0.15, 0.2) is 0 Å². The summed E-state index contributed by atoms with van der Waals surface area (Å²) in [7, 11) is 2.98. The number of amides is 1. The molecule has 0 spiro atoms. The average molecular weight is 601 g/mol. The average Bonchev–Trinajstić information content (AvgIpc) is 3.01. The molecule has 2 aliphatic heterocycles. The third kappa shape index (κ3) is 6.96. The number of anilines is 6. The van der Waals surface area contributed by atoms with Crippen LogP contribution in [0.25, 0.3) is 0 Å². The van der Waals surface area contributed by atoms with E-state index < -0.39 is 17.6 Å². The second-order valence-corrected chi connectivity index (χ2v) is 10.2. The summed E-state index contributed by atoms with van der Waals surface area (Å²) >= 11 is 0. The Morgan fingerprint density at radius 1 is 0.860 bits per heavy atom. The highest BCUT2D eigenvalue weighted by atomic mass is 19.4. The van der Waals surface area contributed by atoms with Crippen molar-refractivity contribution in [1.82, 2.24) is 20.2 Å². The first-order valence-corrected chi connectivity index (χ1v) is 14.0. The van der Waals surface area contributed by atoms with Gasteiger partial charge in [-0.2, -0.15) is 18.2 Å². The van der Waals surface area contributed by atoms with Crippen LogP contribution in [0.1, 0.15) is 12.5 Å². The lowest BCUT2D eigenvalue weighted by atomic mass is 10.2. The zero-order valence-electron chi connectivity index (χ0n) is 24.3. The van der Waals surface area contributed by atoms with Crippen molar-refractivity contribution in [1.29, 1.82) is 0 Å². The standard InChI is InChI=1S/C29H35F3N8O3/c1-19(41)38-12-14-40(15-13-38)21-5-7-24(26(17-21)43-3)36-28-34-18-22(29(30,31)32)27(37-28)35-23-6-4-20(16-25(23)42-2)39-10-8-33-9-11-39/h4-7,16-18,33H,8-15H2,1-3H3,(H2,34,35,36,37). The Bertz CT molecular complexity index is 1440. The molecule has 2 aliphatic rings. The lowest BCUT2D eigenvalue weighted by Crippen LogP contribution is -2.48. The van der Waals surface area contributed by atoms with E-state index in [0.717, 1.165) is 43.8 Å². The Morgan fingerprint density at radius 2 is 1.42 bits per heavy atom. The number of methoxy groups -OCH3 is 2. The molecule has 11 nitrogen and oxygen atoms in total. The molecule has 1 aromatic heterocycles. The van der Waals surface area contributed by atoms with E-state index in [2.05, 4.69) is 35.7 Å². The fourth-order valence-electron chi connectivity index (χ4n) is 5.16. The first kappa shape index (κ1) is 30.0. The van der Waals surface area contributed by atoms with Gasteiger partial charge in [0.1, 0.15) is 22.9 Å². The van der Waals surface area contributed by atoms with Crippen LogP contribution in [-0.4, -0.2) is 87.4 Å². The summed E-state index contributed by atoms with van der Waals surface area (Å²) < 4.78 is 53.0. The van der Waals surface area contributed by atoms with Crippen LogP contribution in [0.15, 0.2) is 42.6 Å².